The summed E-state index contributed by atoms with van der Waals surface area (Å²) in [4.78, 5) is 27.9. The van der Waals surface area contributed by atoms with E-state index >= 15 is 8.78 Å². The van der Waals surface area contributed by atoms with Gasteiger partial charge < -0.3 is 14.5 Å². The molecule has 45 heavy (non-hydrogen) atoms. The van der Waals surface area contributed by atoms with Crippen molar-refractivity contribution in [3.05, 3.63) is 71.5 Å². The Morgan fingerprint density at radius 2 is 1.87 bits per heavy atom. The molecule has 3 aromatic carbocycles. The maximum atomic E-state index is 16.7. The summed E-state index contributed by atoms with van der Waals surface area (Å²) in [6.45, 7) is 7.06. The molecule has 4 aromatic rings. The van der Waals surface area contributed by atoms with Gasteiger partial charge >= 0.3 is 6.01 Å². The molecule has 4 saturated heterocycles. The van der Waals surface area contributed by atoms with Crippen LogP contribution >= 0.6 is 11.6 Å². The second-order valence-corrected chi connectivity index (χ2v) is 12.9. The number of halogens is 4. The van der Waals surface area contributed by atoms with Crippen LogP contribution in [0.2, 0.25) is 5.02 Å². The molecule has 1 amide bonds. The van der Waals surface area contributed by atoms with Crippen LogP contribution in [-0.2, 0) is 4.79 Å². The van der Waals surface area contributed by atoms with Gasteiger partial charge in [-0.1, -0.05) is 42.4 Å². The van der Waals surface area contributed by atoms with Gasteiger partial charge in [-0.3, -0.25) is 9.69 Å². The largest absolute Gasteiger partial charge is 0.461 e. The molecule has 232 valence electrons. The second kappa shape index (κ2) is 10.6. The average molecular weight is 634 g/mol. The number of ether oxygens (including phenoxy) is 1. The van der Waals surface area contributed by atoms with E-state index in [4.69, 9.17) is 21.3 Å². The smallest absolute Gasteiger partial charge is 0.319 e. The number of anilines is 1. The number of fused-ring (bicyclic) bond motifs is 4. The normalized spacial score (nSPS) is 22.1. The third-order valence-electron chi connectivity index (χ3n) is 10.4. The van der Waals surface area contributed by atoms with Crippen molar-refractivity contribution in [2.24, 2.45) is 0 Å². The molecule has 0 saturated carbocycles. The van der Waals surface area contributed by atoms with Gasteiger partial charge in [0, 0.05) is 23.9 Å². The molecule has 4 aliphatic rings. The SMILES string of the molecule is C=CC(=O)N1CC[C@H]2[C@H]1CN2c1nc(OCC23CCCN2CCC3)nc2c(F)c(-c3cccc4ccc(F)c(Cl)c34)c(F)cc12. The molecule has 4 aliphatic heterocycles. The summed E-state index contributed by atoms with van der Waals surface area (Å²) in [5, 5.41) is 0.755. The monoisotopic (exact) mass is 633 g/mol. The first-order valence-electron chi connectivity index (χ1n) is 15.4. The number of amides is 1. The molecule has 5 heterocycles. The van der Waals surface area contributed by atoms with Gasteiger partial charge in [0.2, 0.25) is 5.91 Å². The lowest BCUT2D eigenvalue weighted by Crippen LogP contribution is -2.63. The number of nitrogens with zero attached hydrogens (tertiary/aromatic N) is 5. The lowest BCUT2D eigenvalue weighted by molar-refractivity contribution is -0.127. The highest BCUT2D eigenvalue weighted by Gasteiger charge is 2.50. The van der Waals surface area contributed by atoms with Gasteiger partial charge in [0.15, 0.2) is 5.82 Å². The number of carbonyl (C=O) groups excluding carboxylic acids is 1. The number of rotatable bonds is 6. The molecule has 4 fully saturated rings. The van der Waals surface area contributed by atoms with Gasteiger partial charge in [0.1, 0.15) is 29.6 Å². The van der Waals surface area contributed by atoms with Crippen molar-refractivity contribution in [3.8, 4) is 17.1 Å². The molecule has 2 atom stereocenters. The predicted molar refractivity (Wildman–Crippen MR) is 167 cm³/mol. The van der Waals surface area contributed by atoms with E-state index in [9.17, 15) is 9.18 Å². The molecule has 11 heteroatoms. The fourth-order valence-corrected chi connectivity index (χ4v) is 8.40. The third-order valence-corrected chi connectivity index (χ3v) is 10.7. The highest BCUT2D eigenvalue weighted by Crippen LogP contribution is 2.44. The Kier molecular flexibility index (Phi) is 6.73. The van der Waals surface area contributed by atoms with Crippen LogP contribution < -0.4 is 9.64 Å². The third kappa shape index (κ3) is 4.32. The van der Waals surface area contributed by atoms with Gasteiger partial charge in [0.05, 0.1) is 28.2 Å². The molecule has 7 nitrogen and oxygen atoms in total. The van der Waals surface area contributed by atoms with Crippen LogP contribution in [0, 0.1) is 17.5 Å². The lowest BCUT2D eigenvalue weighted by Gasteiger charge is -2.47. The van der Waals surface area contributed by atoms with Crippen molar-refractivity contribution in [3.63, 3.8) is 0 Å². The maximum Gasteiger partial charge on any atom is 0.319 e. The number of likely N-dealkylation sites (tertiary alicyclic amines) is 1. The fourth-order valence-electron chi connectivity index (χ4n) is 8.12. The van der Waals surface area contributed by atoms with Gasteiger partial charge in [-0.25, -0.2) is 13.2 Å². The first-order chi connectivity index (χ1) is 21.8. The molecule has 0 unspecified atom stereocenters. The Balaban J connectivity index is 1.26. The van der Waals surface area contributed by atoms with E-state index in [-0.39, 0.29) is 62.0 Å². The molecule has 8 rings (SSSR count). The molecular formula is C34H31ClF3N5O2. The Morgan fingerprint density at radius 1 is 1.07 bits per heavy atom. The minimum absolute atomic E-state index is 0.0181. The summed E-state index contributed by atoms with van der Waals surface area (Å²) in [5.74, 6) is -2.20. The van der Waals surface area contributed by atoms with Crippen LogP contribution in [0.4, 0.5) is 19.0 Å². The summed E-state index contributed by atoms with van der Waals surface area (Å²) in [7, 11) is 0. The van der Waals surface area contributed by atoms with Crippen molar-refractivity contribution in [1.29, 1.82) is 0 Å². The van der Waals surface area contributed by atoms with E-state index in [0.29, 0.717) is 37.3 Å². The molecule has 0 bridgehead atoms. The van der Waals surface area contributed by atoms with Gasteiger partial charge in [-0.2, -0.15) is 9.97 Å². The van der Waals surface area contributed by atoms with E-state index in [1.807, 2.05) is 4.90 Å². The van der Waals surface area contributed by atoms with Crippen LogP contribution in [0.3, 0.4) is 0 Å². The Morgan fingerprint density at radius 3 is 2.64 bits per heavy atom. The average Bonchev–Trinajstić information content (AvgIpc) is 3.71. The summed E-state index contributed by atoms with van der Waals surface area (Å²) < 4.78 is 53.7. The topological polar surface area (TPSA) is 61.8 Å². The van der Waals surface area contributed by atoms with E-state index in [1.54, 1.807) is 17.0 Å². The standard InChI is InChI=1S/C34H31ClF3N5O2/c1-2-26(44)42-15-10-24-25(42)17-43(24)32-21-16-23(37)28(20-7-3-6-19-8-9-22(36)29(35)27(19)20)30(38)31(21)39-33(40-32)45-18-34-11-4-13-41(34)14-5-12-34/h2-3,6-9,16,24-25H,1,4-5,10-15,17-18H2/t24-,25+/m0/s1. The summed E-state index contributed by atoms with van der Waals surface area (Å²) in [6, 6.07) is 8.79. The fraction of sp³-hybridized carbons (Fsp3) is 0.382. The number of benzene rings is 3. The number of carbonyl (C=O) groups is 1. The molecule has 0 radical (unpaired) electrons. The highest BCUT2D eigenvalue weighted by molar-refractivity contribution is 6.37. The van der Waals surface area contributed by atoms with Crippen LogP contribution in [0.5, 0.6) is 6.01 Å². The lowest BCUT2D eigenvalue weighted by atomic mass is 9.94. The zero-order chi connectivity index (χ0) is 31.0. The number of aromatic nitrogens is 2. The second-order valence-electron chi connectivity index (χ2n) is 12.6. The minimum atomic E-state index is -0.903. The first-order valence-corrected chi connectivity index (χ1v) is 15.8. The zero-order valence-electron chi connectivity index (χ0n) is 24.5. The maximum absolute atomic E-state index is 16.7. The quantitative estimate of drug-likeness (QED) is 0.226. The summed E-state index contributed by atoms with van der Waals surface area (Å²) >= 11 is 6.36. The van der Waals surface area contributed by atoms with Crippen molar-refractivity contribution < 1.29 is 22.7 Å². The van der Waals surface area contributed by atoms with E-state index in [2.05, 4.69) is 16.5 Å². The van der Waals surface area contributed by atoms with Gasteiger partial charge in [-0.15, -0.1) is 0 Å². The van der Waals surface area contributed by atoms with E-state index in [1.165, 1.54) is 30.3 Å². The molecule has 0 N–H and O–H groups in total. The van der Waals surface area contributed by atoms with Crippen LogP contribution in [0.1, 0.15) is 32.1 Å². The zero-order valence-corrected chi connectivity index (χ0v) is 25.3. The van der Waals surface area contributed by atoms with E-state index < -0.39 is 17.5 Å². The number of hydrogen-bond acceptors (Lipinski definition) is 6. The summed E-state index contributed by atoms with van der Waals surface area (Å²) in [5.41, 5.74) is -0.407. The predicted octanol–water partition coefficient (Wildman–Crippen LogP) is 6.50. The molecule has 0 spiro atoms. The number of hydrogen-bond donors (Lipinski definition) is 0. The Labute approximate surface area is 263 Å². The van der Waals surface area contributed by atoms with Crippen molar-refractivity contribution in [1.82, 2.24) is 19.8 Å². The summed E-state index contributed by atoms with van der Waals surface area (Å²) in [6.07, 6.45) is 6.21. The molecule has 1 aromatic heterocycles. The minimum Gasteiger partial charge on any atom is -0.461 e. The first kappa shape index (κ1) is 28.6. The highest BCUT2D eigenvalue weighted by atomic mass is 35.5. The molecular weight excluding hydrogens is 603 g/mol. The van der Waals surface area contributed by atoms with E-state index in [0.717, 1.165) is 38.8 Å². The van der Waals surface area contributed by atoms with Gasteiger partial charge in [0.25, 0.3) is 0 Å². The molecule has 0 aliphatic carbocycles. The van der Waals surface area contributed by atoms with Crippen molar-refractivity contribution >= 4 is 45.0 Å². The van der Waals surface area contributed by atoms with Gasteiger partial charge in [-0.05, 0) is 74.4 Å². The van der Waals surface area contributed by atoms with Crippen LogP contribution in [-0.4, -0.2) is 76.1 Å². The van der Waals surface area contributed by atoms with Crippen molar-refractivity contribution in [2.45, 2.75) is 49.7 Å². The Bertz CT molecular complexity index is 1890. The van der Waals surface area contributed by atoms with Crippen molar-refractivity contribution in [2.75, 3.05) is 37.7 Å². The van der Waals surface area contributed by atoms with Crippen LogP contribution in [0.25, 0.3) is 32.8 Å². The van der Waals surface area contributed by atoms with Crippen LogP contribution in [0.15, 0.2) is 49.1 Å². The Hall–Kier alpha value is -3.89.